The zero-order valence-corrected chi connectivity index (χ0v) is 7.76. The number of aliphatic hydroxyl groups excluding tert-OH is 1. The van der Waals surface area contributed by atoms with Crippen LogP contribution in [0.2, 0.25) is 0 Å². The average Bonchev–Trinajstić information content (AvgIpc) is 2.32. The molecular weight excluding hydrogens is 182 g/mol. The standard InChI is InChI=1S/C7H13NO3.ClH/c1-11-6(10)7(8)4-2-3-5(7)9;/h5,9H,2-4,8H2,1H3;1H. The zero-order valence-electron chi connectivity index (χ0n) is 6.95. The predicted octanol–water partition coefficient (Wildman–Crippen LogP) is -0.177. The molecular formula is C7H14ClNO3. The Kier molecular flexibility index (Phi) is 3.96. The molecule has 12 heavy (non-hydrogen) atoms. The van der Waals surface area contributed by atoms with E-state index < -0.39 is 17.6 Å². The van der Waals surface area contributed by atoms with Gasteiger partial charge in [0, 0.05) is 0 Å². The van der Waals surface area contributed by atoms with E-state index in [-0.39, 0.29) is 12.4 Å². The van der Waals surface area contributed by atoms with E-state index in [0.29, 0.717) is 12.8 Å². The number of halogens is 1. The Bertz CT molecular complexity index is 176. The van der Waals surface area contributed by atoms with Crippen molar-refractivity contribution in [3.63, 3.8) is 0 Å². The van der Waals surface area contributed by atoms with Crippen LogP contribution in [0.4, 0.5) is 0 Å². The lowest BCUT2D eigenvalue weighted by Crippen LogP contribution is -2.54. The van der Waals surface area contributed by atoms with Gasteiger partial charge in [-0.3, -0.25) is 0 Å². The molecule has 0 bridgehead atoms. The maximum absolute atomic E-state index is 11.0. The van der Waals surface area contributed by atoms with Gasteiger partial charge in [-0.1, -0.05) is 0 Å². The maximum Gasteiger partial charge on any atom is 0.328 e. The minimum atomic E-state index is -1.14. The van der Waals surface area contributed by atoms with E-state index in [2.05, 4.69) is 4.74 Å². The number of rotatable bonds is 1. The van der Waals surface area contributed by atoms with Crippen molar-refractivity contribution in [2.45, 2.75) is 30.9 Å². The summed E-state index contributed by atoms with van der Waals surface area (Å²) in [5, 5.41) is 9.32. The third kappa shape index (κ3) is 1.71. The number of hydrogen-bond donors (Lipinski definition) is 2. The number of hydrogen-bond acceptors (Lipinski definition) is 4. The third-order valence-electron chi connectivity index (χ3n) is 2.23. The topological polar surface area (TPSA) is 72.5 Å². The summed E-state index contributed by atoms with van der Waals surface area (Å²) in [4.78, 5) is 11.0. The summed E-state index contributed by atoms with van der Waals surface area (Å²) in [7, 11) is 1.28. The lowest BCUT2D eigenvalue weighted by Gasteiger charge is -2.23. The molecule has 0 aliphatic heterocycles. The summed E-state index contributed by atoms with van der Waals surface area (Å²) in [5.74, 6) is -0.512. The van der Waals surface area contributed by atoms with Crippen LogP contribution in [0.1, 0.15) is 19.3 Å². The molecule has 4 nitrogen and oxygen atoms in total. The molecule has 1 aliphatic rings. The molecule has 0 saturated heterocycles. The van der Waals surface area contributed by atoms with Crippen molar-refractivity contribution in [3.05, 3.63) is 0 Å². The summed E-state index contributed by atoms with van der Waals surface area (Å²) in [6.45, 7) is 0. The molecule has 1 fully saturated rings. The fourth-order valence-corrected chi connectivity index (χ4v) is 1.44. The summed E-state index contributed by atoms with van der Waals surface area (Å²) in [6.07, 6.45) is 1.15. The summed E-state index contributed by atoms with van der Waals surface area (Å²) >= 11 is 0. The van der Waals surface area contributed by atoms with Gasteiger partial charge in [0.05, 0.1) is 13.2 Å². The Labute approximate surface area is 77.5 Å². The van der Waals surface area contributed by atoms with Crippen LogP contribution >= 0.6 is 12.4 Å². The van der Waals surface area contributed by atoms with Crippen molar-refractivity contribution in [3.8, 4) is 0 Å². The van der Waals surface area contributed by atoms with Crippen LogP contribution in [-0.2, 0) is 9.53 Å². The van der Waals surface area contributed by atoms with Gasteiger partial charge >= 0.3 is 5.97 Å². The van der Waals surface area contributed by atoms with Gasteiger partial charge in [-0.25, -0.2) is 4.79 Å². The fourth-order valence-electron chi connectivity index (χ4n) is 1.44. The molecule has 72 valence electrons. The van der Waals surface area contributed by atoms with Gasteiger partial charge in [-0.15, -0.1) is 12.4 Å². The number of aliphatic hydroxyl groups is 1. The van der Waals surface area contributed by atoms with E-state index in [1.807, 2.05) is 0 Å². The predicted molar refractivity (Wildman–Crippen MR) is 46.0 cm³/mol. The van der Waals surface area contributed by atoms with Crippen molar-refractivity contribution in [1.82, 2.24) is 0 Å². The summed E-state index contributed by atoms with van der Waals surface area (Å²) in [6, 6.07) is 0. The van der Waals surface area contributed by atoms with Gasteiger partial charge in [-0.05, 0) is 19.3 Å². The lowest BCUT2D eigenvalue weighted by atomic mass is 9.97. The first-order valence-electron chi connectivity index (χ1n) is 3.66. The fraction of sp³-hybridized carbons (Fsp3) is 0.857. The molecule has 2 atom stereocenters. The second kappa shape index (κ2) is 4.07. The molecule has 1 rings (SSSR count). The normalized spacial score (nSPS) is 34.1. The van der Waals surface area contributed by atoms with Gasteiger partial charge < -0.3 is 15.6 Å². The van der Waals surface area contributed by atoms with Gasteiger partial charge in [0.25, 0.3) is 0 Å². The number of esters is 1. The van der Waals surface area contributed by atoms with Gasteiger partial charge in [-0.2, -0.15) is 0 Å². The van der Waals surface area contributed by atoms with Crippen LogP contribution in [0.3, 0.4) is 0 Å². The third-order valence-corrected chi connectivity index (χ3v) is 2.23. The highest BCUT2D eigenvalue weighted by Crippen LogP contribution is 2.28. The van der Waals surface area contributed by atoms with Crippen molar-refractivity contribution in [2.75, 3.05) is 7.11 Å². The van der Waals surface area contributed by atoms with Crippen LogP contribution in [0, 0.1) is 0 Å². The number of nitrogens with two attached hydrogens (primary N) is 1. The van der Waals surface area contributed by atoms with Gasteiger partial charge in [0.15, 0.2) is 0 Å². The highest BCUT2D eigenvalue weighted by Gasteiger charge is 2.45. The first kappa shape index (κ1) is 11.7. The second-order valence-corrected chi connectivity index (χ2v) is 2.94. The summed E-state index contributed by atoms with van der Waals surface area (Å²) in [5.41, 5.74) is 4.49. The molecule has 3 N–H and O–H groups in total. The first-order chi connectivity index (χ1) is 5.11. The zero-order chi connectivity index (χ0) is 8.48. The summed E-state index contributed by atoms with van der Waals surface area (Å²) < 4.78 is 4.48. The van der Waals surface area contributed by atoms with Crippen molar-refractivity contribution >= 4 is 18.4 Å². The average molecular weight is 196 g/mol. The first-order valence-corrected chi connectivity index (χ1v) is 3.66. The molecule has 1 aliphatic carbocycles. The molecule has 0 amide bonds. The molecule has 0 aromatic carbocycles. The van der Waals surface area contributed by atoms with E-state index in [1.165, 1.54) is 7.11 Å². The highest BCUT2D eigenvalue weighted by atomic mass is 35.5. The van der Waals surface area contributed by atoms with E-state index in [1.54, 1.807) is 0 Å². The monoisotopic (exact) mass is 195 g/mol. The quantitative estimate of drug-likeness (QED) is 0.570. The van der Waals surface area contributed by atoms with Crippen LogP contribution in [-0.4, -0.2) is 29.8 Å². The van der Waals surface area contributed by atoms with Crippen LogP contribution in [0.25, 0.3) is 0 Å². The maximum atomic E-state index is 11.0. The van der Waals surface area contributed by atoms with E-state index in [9.17, 15) is 9.90 Å². The minimum absolute atomic E-state index is 0. The molecule has 0 radical (unpaired) electrons. The molecule has 0 spiro atoms. The van der Waals surface area contributed by atoms with Crippen molar-refractivity contribution in [2.24, 2.45) is 5.73 Å². The van der Waals surface area contributed by atoms with Crippen LogP contribution in [0.15, 0.2) is 0 Å². The highest BCUT2D eigenvalue weighted by molar-refractivity contribution is 5.85. The minimum Gasteiger partial charge on any atom is -0.468 e. The van der Waals surface area contributed by atoms with E-state index >= 15 is 0 Å². The molecule has 1 saturated carbocycles. The van der Waals surface area contributed by atoms with E-state index in [0.717, 1.165) is 6.42 Å². The van der Waals surface area contributed by atoms with Crippen molar-refractivity contribution < 1.29 is 14.6 Å². The Morgan fingerprint density at radius 1 is 1.75 bits per heavy atom. The molecule has 0 aromatic rings. The Hall–Kier alpha value is -0.320. The van der Waals surface area contributed by atoms with Gasteiger partial charge in [0.1, 0.15) is 5.54 Å². The number of carbonyl (C=O) groups excluding carboxylic acids is 1. The smallest absolute Gasteiger partial charge is 0.328 e. The molecule has 0 aromatic heterocycles. The van der Waals surface area contributed by atoms with Crippen LogP contribution in [0.5, 0.6) is 0 Å². The van der Waals surface area contributed by atoms with Crippen molar-refractivity contribution in [1.29, 1.82) is 0 Å². The lowest BCUT2D eigenvalue weighted by molar-refractivity contribution is -0.150. The molecule has 5 heteroatoms. The molecule has 2 unspecified atom stereocenters. The SMILES string of the molecule is COC(=O)C1(N)CCCC1O.Cl. The Morgan fingerprint density at radius 2 is 2.33 bits per heavy atom. The molecule has 0 heterocycles. The Balaban J connectivity index is 0.00000121. The largest absolute Gasteiger partial charge is 0.468 e. The number of ether oxygens (including phenoxy) is 1. The Morgan fingerprint density at radius 3 is 2.67 bits per heavy atom. The second-order valence-electron chi connectivity index (χ2n) is 2.94. The van der Waals surface area contributed by atoms with Gasteiger partial charge in [0.2, 0.25) is 0 Å². The van der Waals surface area contributed by atoms with Crippen LogP contribution < -0.4 is 5.73 Å². The van der Waals surface area contributed by atoms with E-state index in [4.69, 9.17) is 5.73 Å². The number of carbonyl (C=O) groups is 1. The number of methoxy groups -OCH3 is 1.